The highest BCUT2D eigenvalue weighted by atomic mass is 16.3. The predicted molar refractivity (Wildman–Crippen MR) is 55.0 cm³/mol. The first-order valence-corrected chi connectivity index (χ1v) is 5.14. The van der Waals surface area contributed by atoms with Crippen molar-refractivity contribution in [2.75, 3.05) is 13.1 Å². The fraction of sp³-hybridized carbons (Fsp3) is 0.900. The Bertz CT molecular complexity index is 180. The fourth-order valence-electron chi connectivity index (χ4n) is 1.96. The first kappa shape index (κ1) is 10.7. The quantitative estimate of drug-likeness (QED) is 0.642. The second-order valence-electron chi connectivity index (χ2n) is 3.77. The van der Waals surface area contributed by atoms with Crippen molar-refractivity contribution in [2.24, 2.45) is 16.6 Å². The van der Waals surface area contributed by atoms with Crippen LogP contribution in [0.4, 0.5) is 0 Å². The van der Waals surface area contributed by atoms with Gasteiger partial charge in [-0.15, -0.1) is 0 Å². The molecule has 0 aromatic carbocycles. The summed E-state index contributed by atoms with van der Waals surface area (Å²) in [5, 5.41) is 9.73. The summed E-state index contributed by atoms with van der Waals surface area (Å²) in [4.78, 5) is 4.35. The van der Waals surface area contributed by atoms with Crippen LogP contribution < -0.4 is 5.73 Å². The van der Waals surface area contributed by atoms with E-state index in [1.54, 1.807) is 0 Å². The molecule has 76 valence electrons. The molecule has 0 spiro atoms. The van der Waals surface area contributed by atoms with E-state index in [-0.39, 0.29) is 6.10 Å². The number of hydrogen-bond acceptors (Lipinski definition) is 3. The van der Waals surface area contributed by atoms with Crippen LogP contribution in [0.2, 0.25) is 0 Å². The fourth-order valence-corrected chi connectivity index (χ4v) is 1.96. The van der Waals surface area contributed by atoms with Crippen molar-refractivity contribution in [3.05, 3.63) is 0 Å². The highest BCUT2D eigenvalue weighted by molar-refractivity contribution is 5.85. The Morgan fingerprint density at radius 1 is 1.46 bits per heavy atom. The summed E-state index contributed by atoms with van der Waals surface area (Å²) in [5.41, 5.74) is 6.45. The van der Waals surface area contributed by atoms with Crippen LogP contribution in [-0.2, 0) is 0 Å². The van der Waals surface area contributed by atoms with Gasteiger partial charge in [-0.25, -0.2) is 0 Å². The normalized spacial score (nSPS) is 30.5. The van der Waals surface area contributed by atoms with Gasteiger partial charge in [0.1, 0.15) is 0 Å². The molecule has 0 aliphatic heterocycles. The molecule has 0 amide bonds. The SMILES string of the molecule is CC(=NCCN)C1CCCCC1O. The van der Waals surface area contributed by atoms with Crippen LogP contribution in [0.5, 0.6) is 0 Å². The van der Waals surface area contributed by atoms with Crippen LogP contribution in [0.15, 0.2) is 4.99 Å². The van der Waals surface area contributed by atoms with E-state index in [1.165, 1.54) is 6.42 Å². The number of nitrogens with two attached hydrogens (primary N) is 1. The zero-order chi connectivity index (χ0) is 9.68. The molecule has 1 rings (SSSR count). The molecule has 2 unspecified atom stereocenters. The Morgan fingerprint density at radius 3 is 2.77 bits per heavy atom. The van der Waals surface area contributed by atoms with Crippen LogP contribution >= 0.6 is 0 Å². The zero-order valence-electron chi connectivity index (χ0n) is 8.37. The third kappa shape index (κ3) is 3.08. The van der Waals surface area contributed by atoms with E-state index in [2.05, 4.69) is 4.99 Å². The molecular weight excluding hydrogens is 164 g/mol. The number of aliphatic hydroxyl groups is 1. The predicted octanol–water partition coefficient (Wildman–Crippen LogP) is 0.957. The smallest absolute Gasteiger partial charge is 0.0620 e. The minimum Gasteiger partial charge on any atom is -0.392 e. The molecule has 1 aliphatic rings. The average Bonchev–Trinajstić information content (AvgIpc) is 2.15. The van der Waals surface area contributed by atoms with Crippen LogP contribution in [0, 0.1) is 5.92 Å². The molecule has 3 N–H and O–H groups in total. The third-order valence-corrected chi connectivity index (χ3v) is 2.76. The van der Waals surface area contributed by atoms with Gasteiger partial charge < -0.3 is 10.8 Å². The van der Waals surface area contributed by atoms with Crippen molar-refractivity contribution in [1.82, 2.24) is 0 Å². The molecule has 0 bridgehead atoms. The summed E-state index contributed by atoms with van der Waals surface area (Å²) in [6.45, 7) is 3.30. The summed E-state index contributed by atoms with van der Waals surface area (Å²) in [6.07, 6.45) is 4.22. The molecule has 3 heteroatoms. The van der Waals surface area contributed by atoms with Crippen molar-refractivity contribution >= 4 is 5.71 Å². The molecular formula is C10H20N2O. The van der Waals surface area contributed by atoms with Gasteiger partial charge in [0, 0.05) is 18.2 Å². The molecule has 1 aliphatic carbocycles. The van der Waals surface area contributed by atoms with E-state index in [4.69, 9.17) is 5.73 Å². The molecule has 0 saturated heterocycles. The Labute approximate surface area is 80.0 Å². The number of rotatable bonds is 3. The van der Waals surface area contributed by atoms with Crippen molar-refractivity contribution in [2.45, 2.75) is 38.7 Å². The van der Waals surface area contributed by atoms with E-state index in [1.807, 2.05) is 6.92 Å². The van der Waals surface area contributed by atoms with E-state index in [0.717, 1.165) is 25.0 Å². The van der Waals surface area contributed by atoms with E-state index in [9.17, 15) is 5.11 Å². The number of nitrogens with zero attached hydrogens (tertiary/aromatic N) is 1. The lowest BCUT2D eigenvalue weighted by Crippen LogP contribution is -2.30. The van der Waals surface area contributed by atoms with Crippen LogP contribution in [0.1, 0.15) is 32.6 Å². The van der Waals surface area contributed by atoms with Gasteiger partial charge in [0.15, 0.2) is 0 Å². The molecule has 0 aromatic rings. The molecule has 0 heterocycles. The molecule has 13 heavy (non-hydrogen) atoms. The molecule has 3 nitrogen and oxygen atoms in total. The maximum Gasteiger partial charge on any atom is 0.0620 e. The van der Waals surface area contributed by atoms with E-state index < -0.39 is 0 Å². The lowest BCUT2D eigenvalue weighted by Gasteiger charge is -2.27. The second kappa shape index (κ2) is 5.35. The minimum absolute atomic E-state index is 0.171. The van der Waals surface area contributed by atoms with Crippen LogP contribution in [0.3, 0.4) is 0 Å². The summed E-state index contributed by atoms with van der Waals surface area (Å²) in [6, 6.07) is 0. The highest BCUT2D eigenvalue weighted by Gasteiger charge is 2.24. The maximum absolute atomic E-state index is 9.73. The van der Waals surface area contributed by atoms with Gasteiger partial charge in [-0.2, -0.15) is 0 Å². The first-order valence-electron chi connectivity index (χ1n) is 5.14. The van der Waals surface area contributed by atoms with Gasteiger partial charge in [-0.05, 0) is 19.8 Å². The van der Waals surface area contributed by atoms with Gasteiger partial charge in [0.25, 0.3) is 0 Å². The average molecular weight is 184 g/mol. The molecule has 0 aromatic heterocycles. The number of aliphatic imine (C=N–C) groups is 1. The summed E-state index contributed by atoms with van der Waals surface area (Å²) < 4.78 is 0. The number of aliphatic hydroxyl groups excluding tert-OH is 1. The number of hydrogen-bond donors (Lipinski definition) is 2. The first-order chi connectivity index (χ1) is 6.25. The molecule has 2 atom stereocenters. The Balaban J connectivity index is 2.47. The molecule has 1 saturated carbocycles. The monoisotopic (exact) mass is 184 g/mol. The van der Waals surface area contributed by atoms with Crippen LogP contribution in [0.25, 0.3) is 0 Å². The van der Waals surface area contributed by atoms with Gasteiger partial charge in [-0.3, -0.25) is 4.99 Å². The second-order valence-corrected chi connectivity index (χ2v) is 3.77. The van der Waals surface area contributed by atoms with Crippen molar-refractivity contribution in [3.8, 4) is 0 Å². The largest absolute Gasteiger partial charge is 0.392 e. The van der Waals surface area contributed by atoms with E-state index >= 15 is 0 Å². The zero-order valence-corrected chi connectivity index (χ0v) is 8.37. The van der Waals surface area contributed by atoms with Gasteiger partial charge in [0.2, 0.25) is 0 Å². The van der Waals surface area contributed by atoms with Gasteiger partial charge in [0.05, 0.1) is 12.6 Å². The maximum atomic E-state index is 9.73. The Morgan fingerprint density at radius 2 is 2.15 bits per heavy atom. The highest BCUT2D eigenvalue weighted by Crippen LogP contribution is 2.25. The Hall–Kier alpha value is -0.410. The summed E-state index contributed by atoms with van der Waals surface area (Å²) in [5.74, 6) is 0.292. The lowest BCUT2D eigenvalue weighted by atomic mass is 9.84. The van der Waals surface area contributed by atoms with Gasteiger partial charge in [-0.1, -0.05) is 12.8 Å². The lowest BCUT2D eigenvalue weighted by molar-refractivity contribution is 0.101. The topological polar surface area (TPSA) is 58.6 Å². The van der Waals surface area contributed by atoms with Crippen molar-refractivity contribution < 1.29 is 5.11 Å². The Kier molecular flexibility index (Phi) is 4.39. The van der Waals surface area contributed by atoms with Crippen molar-refractivity contribution in [1.29, 1.82) is 0 Å². The third-order valence-electron chi connectivity index (χ3n) is 2.76. The standard InChI is InChI=1S/C10H20N2O/c1-8(12-7-6-11)9-4-2-3-5-10(9)13/h9-10,13H,2-7,11H2,1H3. The minimum atomic E-state index is -0.171. The van der Waals surface area contributed by atoms with E-state index in [0.29, 0.717) is 19.0 Å². The van der Waals surface area contributed by atoms with Crippen molar-refractivity contribution in [3.63, 3.8) is 0 Å². The molecule has 0 radical (unpaired) electrons. The summed E-state index contributed by atoms with van der Waals surface area (Å²) >= 11 is 0. The van der Waals surface area contributed by atoms with Crippen LogP contribution in [-0.4, -0.2) is 30.0 Å². The molecule has 1 fully saturated rings. The summed E-state index contributed by atoms with van der Waals surface area (Å²) in [7, 11) is 0. The van der Waals surface area contributed by atoms with Gasteiger partial charge >= 0.3 is 0 Å².